The van der Waals surface area contributed by atoms with Gasteiger partial charge in [-0.2, -0.15) is 0 Å². The Morgan fingerprint density at radius 3 is 2.64 bits per heavy atom. The van der Waals surface area contributed by atoms with Crippen LogP contribution in [0.1, 0.15) is 24.8 Å². The number of halogens is 2. The molecule has 1 amide bonds. The lowest BCUT2D eigenvalue weighted by atomic mass is 9.91. The number of hydrogen-bond donors (Lipinski definition) is 1. The average molecular weight is 366 g/mol. The second-order valence-electron chi connectivity index (χ2n) is 7.67. The molecule has 0 aromatic heterocycles. The zero-order chi connectivity index (χ0) is 17.4. The number of rotatable bonds is 3. The van der Waals surface area contributed by atoms with Crippen LogP contribution in [0.2, 0.25) is 5.02 Å². The van der Waals surface area contributed by atoms with Gasteiger partial charge < -0.3 is 10.2 Å². The SMILES string of the molecule is O=C(C1CC12CCNCC2)N1CCN(Cc2c(F)cccc2Cl)CC1. The third-order valence-corrected chi connectivity index (χ3v) is 6.57. The summed E-state index contributed by atoms with van der Waals surface area (Å²) in [4.78, 5) is 17.0. The maximum absolute atomic E-state index is 13.9. The van der Waals surface area contributed by atoms with Crippen molar-refractivity contribution in [1.29, 1.82) is 0 Å². The van der Waals surface area contributed by atoms with E-state index in [9.17, 15) is 9.18 Å². The number of carbonyl (C=O) groups excluding carboxylic acids is 1. The molecular weight excluding hydrogens is 341 g/mol. The molecule has 1 aromatic carbocycles. The van der Waals surface area contributed by atoms with E-state index in [4.69, 9.17) is 11.6 Å². The van der Waals surface area contributed by atoms with Gasteiger partial charge in [0.2, 0.25) is 5.91 Å². The van der Waals surface area contributed by atoms with Crippen molar-refractivity contribution in [2.75, 3.05) is 39.3 Å². The standard InChI is InChI=1S/C19H25ClFN3O/c20-16-2-1-3-17(21)14(16)13-23-8-10-24(11-9-23)18(25)15-12-19(15)4-6-22-7-5-19/h1-3,15,22H,4-13H2. The van der Waals surface area contributed by atoms with E-state index in [1.807, 2.05) is 4.90 Å². The van der Waals surface area contributed by atoms with Crippen LogP contribution in [0.4, 0.5) is 4.39 Å². The number of nitrogens with zero attached hydrogens (tertiary/aromatic N) is 2. The molecule has 1 aromatic rings. The third-order valence-electron chi connectivity index (χ3n) is 6.21. The highest BCUT2D eigenvalue weighted by Crippen LogP contribution is 2.59. The Bertz CT molecular complexity index is 634. The Morgan fingerprint density at radius 1 is 1.24 bits per heavy atom. The molecule has 0 radical (unpaired) electrons. The van der Waals surface area contributed by atoms with Crippen LogP contribution in [0.25, 0.3) is 0 Å². The fourth-order valence-corrected chi connectivity index (χ4v) is 4.65. The van der Waals surface area contributed by atoms with Crippen LogP contribution in [0.15, 0.2) is 18.2 Å². The van der Waals surface area contributed by atoms with Crippen molar-refractivity contribution >= 4 is 17.5 Å². The first kappa shape index (κ1) is 17.3. The Morgan fingerprint density at radius 2 is 1.96 bits per heavy atom. The van der Waals surface area contributed by atoms with Gasteiger partial charge in [0.1, 0.15) is 5.82 Å². The molecule has 136 valence electrons. The highest BCUT2D eigenvalue weighted by molar-refractivity contribution is 6.31. The average Bonchev–Trinajstić information content (AvgIpc) is 3.31. The van der Waals surface area contributed by atoms with Gasteiger partial charge in [-0.15, -0.1) is 0 Å². The van der Waals surface area contributed by atoms with Crippen LogP contribution in [0.3, 0.4) is 0 Å². The molecule has 2 saturated heterocycles. The Kier molecular flexibility index (Phi) is 4.73. The van der Waals surface area contributed by atoms with Crippen LogP contribution in [-0.4, -0.2) is 55.0 Å². The summed E-state index contributed by atoms with van der Waals surface area (Å²) in [6.45, 7) is 5.61. The van der Waals surface area contributed by atoms with Crippen LogP contribution < -0.4 is 5.32 Å². The molecule has 3 fully saturated rings. The zero-order valence-electron chi connectivity index (χ0n) is 14.4. The van der Waals surface area contributed by atoms with Gasteiger partial charge >= 0.3 is 0 Å². The highest BCUT2D eigenvalue weighted by Gasteiger charge is 2.58. The molecule has 1 unspecified atom stereocenters. The minimum atomic E-state index is -0.253. The van der Waals surface area contributed by atoms with Crippen molar-refractivity contribution in [1.82, 2.24) is 15.1 Å². The molecule has 1 spiro atoms. The third kappa shape index (κ3) is 3.42. The summed E-state index contributed by atoms with van der Waals surface area (Å²) in [6.07, 6.45) is 3.34. The number of benzene rings is 1. The van der Waals surface area contributed by atoms with Crippen molar-refractivity contribution in [3.63, 3.8) is 0 Å². The number of hydrogen-bond acceptors (Lipinski definition) is 3. The normalized spacial score (nSPS) is 26.0. The minimum Gasteiger partial charge on any atom is -0.340 e. The monoisotopic (exact) mass is 365 g/mol. The van der Waals surface area contributed by atoms with Gasteiger partial charge in [-0.3, -0.25) is 9.69 Å². The molecule has 3 aliphatic rings. The highest BCUT2D eigenvalue weighted by atomic mass is 35.5. The van der Waals surface area contributed by atoms with E-state index in [0.717, 1.165) is 58.5 Å². The summed E-state index contributed by atoms with van der Waals surface area (Å²) in [5.41, 5.74) is 0.847. The van der Waals surface area contributed by atoms with E-state index < -0.39 is 0 Å². The minimum absolute atomic E-state index is 0.238. The lowest BCUT2D eigenvalue weighted by Crippen LogP contribution is -2.49. The fourth-order valence-electron chi connectivity index (χ4n) is 4.43. The second-order valence-corrected chi connectivity index (χ2v) is 8.08. The predicted molar refractivity (Wildman–Crippen MR) is 95.9 cm³/mol. The van der Waals surface area contributed by atoms with Gasteiger partial charge in [0, 0.05) is 49.2 Å². The largest absolute Gasteiger partial charge is 0.340 e. The molecule has 4 rings (SSSR count). The summed E-state index contributed by atoms with van der Waals surface area (Å²) >= 11 is 6.12. The van der Waals surface area contributed by atoms with Crippen LogP contribution >= 0.6 is 11.6 Å². The molecule has 2 heterocycles. The summed E-state index contributed by atoms with van der Waals surface area (Å²) in [5.74, 6) is 0.324. The van der Waals surface area contributed by atoms with E-state index in [1.165, 1.54) is 6.07 Å². The van der Waals surface area contributed by atoms with Gasteiger partial charge in [0.05, 0.1) is 0 Å². The van der Waals surface area contributed by atoms with Gasteiger partial charge in [0.25, 0.3) is 0 Å². The topological polar surface area (TPSA) is 35.6 Å². The van der Waals surface area contributed by atoms with Crippen molar-refractivity contribution < 1.29 is 9.18 Å². The number of piperidine rings is 1. The molecule has 2 aliphatic heterocycles. The molecule has 25 heavy (non-hydrogen) atoms. The molecular formula is C19H25ClFN3O. The first-order valence-corrected chi connectivity index (χ1v) is 9.62. The van der Waals surface area contributed by atoms with Crippen LogP contribution in [0.5, 0.6) is 0 Å². The first-order valence-electron chi connectivity index (χ1n) is 9.24. The van der Waals surface area contributed by atoms with E-state index in [-0.39, 0.29) is 11.7 Å². The Hall–Kier alpha value is -1.17. The molecule has 1 N–H and O–H groups in total. The Balaban J connectivity index is 1.31. The summed E-state index contributed by atoms with van der Waals surface area (Å²) < 4.78 is 13.9. The maximum Gasteiger partial charge on any atom is 0.226 e. The number of amides is 1. The molecule has 4 nitrogen and oxygen atoms in total. The summed E-state index contributed by atoms with van der Waals surface area (Å²) in [5, 5.41) is 3.86. The zero-order valence-corrected chi connectivity index (χ0v) is 15.2. The van der Waals surface area contributed by atoms with Crippen molar-refractivity contribution in [3.8, 4) is 0 Å². The number of carbonyl (C=O) groups is 1. The van der Waals surface area contributed by atoms with Crippen molar-refractivity contribution in [2.45, 2.75) is 25.8 Å². The van der Waals surface area contributed by atoms with E-state index in [0.29, 0.717) is 28.5 Å². The van der Waals surface area contributed by atoms with Gasteiger partial charge in [-0.25, -0.2) is 4.39 Å². The Labute approximate surface area is 153 Å². The van der Waals surface area contributed by atoms with Crippen LogP contribution in [-0.2, 0) is 11.3 Å². The summed E-state index contributed by atoms with van der Waals surface area (Å²) in [7, 11) is 0. The lowest BCUT2D eigenvalue weighted by Gasteiger charge is -2.35. The van der Waals surface area contributed by atoms with Crippen molar-refractivity contribution in [2.24, 2.45) is 11.3 Å². The lowest BCUT2D eigenvalue weighted by molar-refractivity contribution is -0.135. The summed E-state index contributed by atoms with van der Waals surface area (Å²) in [6, 6.07) is 4.81. The maximum atomic E-state index is 13.9. The van der Waals surface area contributed by atoms with Crippen LogP contribution in [0, 0.1) is 17.2 Å². The quantitative estimate of drug-likeness (QED) is 0.894. The first-order chi connectivity index (χ1) is 12.1. The van der Waals surface area contributed by atoms with Gasteiger partial charge in [-0.1, -0.05) is 17.7 Å². The van der Waals surface area contributed by atoms with E-state index >= 15 is 0 Å². The number of nitrogens with one attached hydrogen (secondary N) is 1. The van der Waals surface area contributed by atoms with Gasteiger partial charge in [0.15, 0.2) is 0 Å². The molecule has 1 atom stereocenters. The molecule has 1 aliphatic carbocycles. The number of piperazine rings is 1. The predicted octanol–water partition coefficient (Wildman–Crippen LogP) is 2.51. The fraction of sp³-hybridized carbons (Fsp3) is 0.632. The molecule has 6 heteroatoms. The van der Waals surface area contributed by atoms with Gasteiger partial charge in [-0.05, 0) is 49.9 Å². The van der Waals surface area contributed by atoms with E-state index in [2.05, 4.69) is 10.2 Å². The van der Waals surface area contributed by atoms with E-state index in [1.54, 1.807) is 12.1 Å². The van der Waals surface area contributed by atoms with Crippen molar-refractivity contribution in [3.05, 3.63) is 34.6 Å². The molecule has 1 saturated carbocycles. The second kappa shape index (κ2) is 6.86. The smallest absolute Gasteiger partial charge is 0.226 e. The molecule has 0 bridgehead atoms.